The van der Waals surface area contributed by atoms with E-state index >= 15 is 0 Å². The zero-order valence-corrected chi connectivity index (χ0v) is 11.7. The lowest BCUT2D eigenvalue weighted by molar-refractivity contribution is -0.194. The van der Waals surface area contributed by atoms with Gasteiger partial charge >= 0.3 is 12.1 Å². The van der Waals surface area contributed by atoms with Crippen LogP contribution in [0.25, 0.3) is 0 Å². The summed E-state index contributed by atoms with van der Waals surface area (Å²) in [5.41, 5.74) is -0.640. The van der Waals surface area contributed by atoms with Gasteiger partial charge in [0, 0.05) is 6.42 Å². The van der Waals surface area contributed by atoms with Crippen molar-refractivity contribution in [1.82, 2.24) is 10.4 Å². The maximum absolute atomic E-state index is 11.7. The van der Waals surface area contributed by atoms with Crippen molar-refractivity contribution in [3.05, 3.63) is 0 Å². The predicted molar refractivity (Wildman–Crippen MR) is 65.9 cm³/mol. The van der Waals surface area contributed by atoms with Crippen molar-refractivity contribution in [2.75, 3.05) is 6.54 Å². The number of hydrogen-bond donors (Lipinski definition) is 1. The Morgan fingerprint density at radius 3 is 2.47 bits per heavy atom. The van der Waals surface area contributed by atoms with Gasteiger partial charge in [0.1, 0.15) is 11.6 Å². The summed E-state index contributed by atoms with van der Waals surface area (Å²) in [6.07, 6.45) is 0.339. The van der Waals surface area contributed by atoms with Gasteiger partial charge in [-0.25, -0.2) is 9.59 Å². The van der Waals surface area contributed by atoms with Crippen LogP contribution in [0.1, 0.15) is 40.5 Å². The third-order valence-electron chi connectivity index (χ3n) is 2.32. The van der Waals surface area contributed by atoms with E-state index in [9.17, 15) is 14.4 Å². The summed E-state index contributed by atoms with van der Waals surface area (Å²) in [6.45, 7) is 7.02. The number of carbonyl (C=O) groups is 3. The lowest BCUT2D eigenvalue weighted by Crippen LogP contribution is -2.44. The van der Waals surface area contributed by atoms with Crippen molar-refractivity contribution in [3.63, 3.8) is 0 Å². The van der Waals surface area contributed by atoms with E-state index in [-0.39, 0.29) is 5.91 Å². The highest BCUT2D eigenvalue weighted by Gasteiger charge is 2.28. The average molecular weight is 272 g/mol. The molecule has 0 aromatic heterocycles. The molecule has 7 heteroatoms. The molecule has 0 aliphatic carbocycles. The highest BCUT2D eigenvalue weighted by atomic mass is 16.7. The van der Waals surface area contributed by atoms with Gasteiger partial charge in [-0.05, 0) is 34.1 Å². The molecule has 1 atom stereocenters. The number of nitrogens with zero attached hydrogens (tertiary/aromatic N) is 1. The third-order valence-corrected chi connectivity index (χ3v) is 2.32. The fourth-order valence-electron chi connectivity index (χ4n) is 1.45. The topological polar surface area (TPSA) is 84.9 Å². The van der Waals surface area contributed by atoms with Crippen LogP contribution in [0.2, 0.25) is 0 Å². The SMILES string of the molecule is C[C@H](NC(=O)OC(C)(C)C)C(=O)ON1CCCC1=O. The summed E-state index contributed by atoms with van der Waals surface area (Å²) < 4.78 is 5.01. The van der Waals surface area contributed by atoms with Gasteiger partial charge in [0.2, 0.25) is 0 Å². The second-order valence-corrected chi connectivity index (χ2v) is 5.38. The molecule has 7 nitrogen and oxygen atoms in total. The Balaban J connectivity index is 2.40. The Kier molecular flexibility index (Phi) is 4.74. The number of hydrogen-bond acceptors (Lipinski definition) is 5. The molecule has 0 aromatic carbocycles. The lowest BCUT2D eigenvalue weighted by atomic mass is 10.2. The standard InChI is InChI=1S/C12H20N2O5/c1-8(13-11(17)18-12(2,3)4)10(16)19-14-7-5-6-9(14)15/h8H,5-7H2,1-4H3,(H,13,17)/t8-/m0/s1. The third kappa shape index (κ3) is 5.15. The highest BCUT2D eigenvalue weighted by Crippen LogP contribution is 2.11. The van der Waals surface area contributed by atoms with Gasteiger partial charge in [-0.3, -0.25) is 4.79 Å². The van der Waals surface area contributed by atoms with Crippen LogP contribution in [0.3, 0.4) is 0 Å². The molecule has 1 N–H and O–H groups in total. The number of ether oxygens (including phenoxy) is 1. The molecule has 0 bridgehead atoms. The molecule has 1 fully saturated rings. The Labute approximate surface area is 112 Å². The molecule has 0 aromatic rings. The van der Waals surface area contributed by atoms with Crippen LogP contribution in [0.15, 0.2) is 0 Å². The molecule has 1 rings (SSSR count). The Morgan fingerprint density at radius 1 is 1.37 bits per heavy atom. The van der Waals surface area contributed by atoms with Gasteiger partial charge in [0.15, 0.2) is 0 Å². The minimum atomic E-state index is -0.886. The molecule has 1 aliphatic rings. The molecule has 19 heavy (non-hydrogen) atoms. The molecule has 108 valence electrons. The molecular formula is C12H20N2O5. The number of carbonyl (C=O) groups excluding carboxylic acids is 3. The molecule has 1 aliphatic heterocycles. The first-order valence-electron chi connectivity index (χ1n) is 6.21. The van der Waals surface area contributed by atoms with Gasteiger partial charge in [0.25, 0.3) is 5.91 Å². The van der Waals surface area contributed by atoms with Crippen molar-refractivity contribution >= 4 is 18.0 Å². The number of hydroxylamine groups is 2. The average Bonchev–Trinajstić information content (AvgIpc) is 2.61. The second kappa shape index (κ2) is 5.90. The number of amides is 2. The Bertz CT molecular complexity index is 375. The van der Waals surface area contributed by atoms with Gasteiger partial charge in [-0.2, -0.15) is 5.06 Å². The molecular weight excluding hydrogens is 252 g/mol. The second-order valence-electron chi connectivity index (χ2n) is 5.38. The van der Waals surface area contributed by atoms with Crippen LogP contribution in [-0.4, -0.2) is 41.2 Å². The van der Waals surface area contributed by atoms with E-state index < -0.39 is 23.7 Å². The van der Waals surface area contributed by atoms with Crippen molar-refractivity contribution < 1.29 is 24.0 Å². The minimum absolute atomic E-state index is 0.224. The zero-order valence-electron chi connectivity index (χ0n) is 11.7. The summed E-state index contributed by atoms with van der Waals surface area (Å²) in [4.78, 5) is 39.3. The van der Waals surface area contributed by atoms with E-state index in [4.69, 9.17) is 9.57 Å². The first-order valence-corrected chi connectivity index (χ1v) is 6.21. The summed E-state index contributed by atoms with van der Waals surface area (Å²) >= 11 is 0. The number of nitrogens with one attached hydrogen (secondary N) is 1. The van der Waals surface area contributed by atoms with Crippen LogP contribution in [-0.2, 0) is 19.2 Å². The van der Waals surface area contributed by atoms with E-state index in [1.165, 1.54) is 6.92 Å². The summed E-state index contributed by atoms with van der Waals surface area (Å²) in [6, 6.07) is -0.886. The molecule has 1 saturated heterocycles. The fourth-order valence-corrected chi connectivity index (χ4v) is 1.45. The summed E-state index contributed by atoms with van der Waals surface area (Å²) in [5, 5.41) is 3.37. The molecule has 2 amide bonds. The van der Waals surface area contributed by atoms with E-state index in [1.54, 1.807) is 20.8 Å². The minimum Gasteiger partial charge on any atom is -0.444 e. The van der Waals surface area contributed by atoms with Gasteiger partial charge in [0.05, 0.1) is 6.54 Å². The quantitative estimate of drug-likeness (QED) is 0.827. The van der Waals surface area contributed by atoms with E-state index in [2.05, 4.69) is 5.32 Å². The highest BCUT2D eigenvalue weighted by molar-refractivity contribution is 5.83. The summed E-state index contributed by atoms with van der Waals surface area (Å²) in [7, 11) is 0. The lowest BCUT2D eigenvalue weighted by Gasteiger charge is -2.22. The van der Waals surface area contributed by atoms with Crippen molar-refractivity contribution in [3.8, 4) is 0 Å². The monoisotopic (exact) mass is 272 g/mol. The molecule has 0 radical (unpaired) electrons. The van der Waals surface area contributed by atoms with E-state index in [0.29, 0.717) is 19.4 Å². The largest absolute Gasteiger partial charge is 0.444 e. The maximum Gasteiger partial charge on any atom is 0.408 e. The Hall–Kier alpha value is -1.79. The van der Waals surface area contributed by atoms with Gasteiger partial charge in [-0.1, -0.05) is 0 Å². The van der Waals surface area contributed by atoms with Crippen molar-refractivity contribution in [1.29, 1.82) is 0 Å². The smallest absolute Gasteiger partial charge is 0.408 e. The number of alkyl carbamates (subject to hydrolysis) is 1. The zero-order chi connectivity index (χ0) is 14.6. The first-order chi connectivity index (χ1) is 8.69. The normalized spacial score (nSPS) is 17.1. The van der Waals surface area contributed by atoms with E-state index in [1.807, 2.05) is 0 Å². The maximum atomic E-state index is 11.7. The van der Waals surface area contributed by atoms with Crippen LogP contribution in [0, 0.1) is 0 Å². The molecule has 0 saturated carbocycles. The molecule has 0 unspecified atom stereocenters. The van der Waals surface area contributed by atoms with Crippen molar-refractivity contribution in [2.45, 2.75) is 52.2 Å². The van der Waals surface area contributed by atoms with Crippen molar-refractivity contribution in [2.24, 2.45) is 0 Å². The Morgan fingerprint density at radius 2 is 2.00 bits per heavy atom. The predicted octanol–water partition coefficient (Wildman–Crippen LogP) is 0.980. The van der Waals surface area contributed by atoms with Crippen LogP contribution in [0.5, 0.6) is 0 Å². The van der Waals surface area contributed by atoms with Crippen LogP contribution >= 0.6 is 0 Å². The number of rotatable bonds is 3. The molecule has 1 heterocycles. The van der Waals surface area contributed by atoms with E-state index in [0.717, 1.165) is 5.06 Å². The first kappa shape index (κ1) is 15.3. The van der Waals surface area contributed by atoms with Crippen LogP contribution < -0.4 is 5.32 Å². The fraction of sp³-hybridized carbons (Fsp3) is 0.750. The van der Waals surface area contributed by atoms with Crippen LogP contribution in [0.4, 0.5) is 4.79 Å². The molecule has 0 spiro atoms. The summed E-state index contributed by atoms with van der Waals surface area (Å²) in [5.74, 6) is -0.918. The van der Waals surface area contributed by atoms with Gasteiger partial charge in [-0.15, -0.1) is 0 Å². The van der Waals surface area contributed by atoms with Gasteiger partial charge < -0.3 is 14.9 Å².